The van der Waals surface area contributed by atoms with Crippen LogP contribution in [0.25, 0.3) is 0 Å². The lowest BCUT2D eigenvalue weighted by atomic mass is 10.0. The van der Waals surface area contributed by atoms with Gasteiger partial charge in [0.25, 0.3) is 10.0 Å². The third-order valence-corrected chi connectivity index (χ3v) is 9.50. The highest BCUT2D eigenvalue weighted by atomic mass is 35.5. The zero-order chi connectivity index (χ0) is 31.5. The Kier molecular flexibility index (Phi) is 11.8. The first-order chi connectivity index (χ1) is 21.2. The number of carbonyl (C=O) groups excluding carboxylic acids is 2. The van der Waals surface area contributed by atoms with Gasteiger partial charge in [0, 0.05) is 29.6 Å². The first-order valence-electron chi connectivity index (χ1n) is 14.4. The molecule has 10 heteroatoms. The number of rotatable bonds is 14. The van der Waals surface area contributed by atoms with Gasteiger partial charge in [0.1, 0.15) is 12.6 Å². The zero-order valence-corrected chi connectivity index (χ0v) is 26.7. The number of anilines is 1. The van der Waals surface area contributed by atoms with Crippen molar-refractivity contribution in [2.45, 2.75) is 43.7 Å². The Bertz CT molecular complexity index is 1650. The quantitative estimate of drug-likeness (QED) is 0.153. The number of carbonyl (C=O) groups is 2. The molecule has 0 bridgehead atoms. The molecule has 4 rings (SSSR count). The predicted octanol–water partition coefficient (Wildman–Crippen LogP) is 6.75. The summed E-state index contributed by atoms with van der Waals surface area (Å²) in [6, 6.07) is 29.7. The lowest BCUT2D eigenvalue weighted by Gasteiger charge is -2.34. The molecule has 0 fully saturated rings. The Labute approximate surface area is 269 Å². The van der Waals surface area contributed by atoms with Crippen molar-refractivity contribution in [1.29, 1.82) is 0 Å². The van der Waals surface area contributed by atoms with Crippen LogP contribution in [0.4, 0.5) is 5.69 Å². The van der Waals surface area contributed by atoms with Gasteiger partial charge in [-0.2, -0.15) is 0 Å². The van der Waals surface area contributed by atoms with Gasteiger partial charge in [0.05, 0.1) is 10.6 Å². The molecule has 230 valence electrons. The van der Waals surface area contributed by atoms with E-state index in [0.29, 0.717) is 22.2 Å². The van der Waals surface area contributed by atoms with Crippen LogP contribution in [0.2, 0.25) is 10.0 Å². The van der Waals surface area contributed by atoms with E-state index in [1.165, 1.54) is 23.1 Å². The topological polar surface area (TPSA) is 86.8 Å². The molecule has 0 radical (unpaired) electrons. The number of benzene rings is 4. The van der Waals surface area contributed by atoms with Crippen molar-refractivity contribution < 1.29 is 18.0 Å². The summed E-state index contributed by atoms with van der Waals surface area (Å²) < 4.78 is 29.0. The average Bonchev–Trinajstić information content (AvgIpc) is 3.03. The molecule has 7 nitrogen and oxygen atoms in total. The van der Waals surface area contributed by atoms with Gasteiger partial charge >= 0.3 is 0 Å². The van der Waals surface area contributed by atoms with Crippen LogP contribution in [0.5, 0.6) is 0 Å². The molecule has 0 saturated heterocycles. The number of amides is 2. The molecule has 1 N–H and O–H groups in total. The fourth-order valence-corrected chi connectivity index (χ4v) is 6.56. The van der Waals surface area contributed by atoms with Crippen LogP contribution in [-0.4, -0.2) is 44.3 Å². The van der Waals surface area contributed by atoms with Gasteiger partial charge in [-0.1, -0.05) is 109 Å². The third kappa shape index (κ3) is 8.62. The number of sulfonamides is 1. The molecule has 0 aliphatic heterocycles. The first kappa shape index (κ1) is 33.1. The second kappa shape index (κ2) is 15.7. The molecule has 2 amide bonds. The highest BCUT2D eigenvalue weighted by molar-refractivity contribution is 7.92. The molecular formula is C34H35Cl2N3O4S. The lowest BCUT2D eigenvalue weighted by Crippen LogP contribution is -2.53. The Morgan fingerprint density at radius 3 is 2.16 bits per heavy atom. The van der Waals surface area contributed by atoms with Crippen LogP contribution >= 0.6 is 23.2 Å². The zero-order valence-electron chi connectivity index (χ0n) is 24.4. The fraction of sp³-hybridized carbons (Fsp3) is 0.235. The number of nitrogens with zero attached hydrogens (tertiary/aromatic N) is 2. The second-order valence-corrected chi connectivity index (χ2v) is 13.0. The van der Waals surface area contributed by atoms with Crippen LogP contribution in [0.15, 0.2) is 114 Å². The maximum absolute atomic E-state index is 14.4. The van der Waals surface area contributed by atoms with E-state index in [0.717, 1.165) is 22.7 Å². The molecule has 1 atom stereocenters. The van der Waals surface area contributed by atoms with Crippen LogP contribution in [0.1, 0.15) is 30.9 Å². The Hall–Kier alpha value is -3.85. The van der Waals surface area contributed by atoms with Crippen molar-refractivity contribution in [3.05, 3.63) is 130 Å². The van der Waals surface area contributed by atoms with Gasteiger partial charge in [-0.3, -0.25) is 13.9 Å². The molecule has 0 aliphatic rings. The van der Waals surface area contributed by atoms with E-state index < -0.39 is 28.5 Å². The number of unbranched alkanes of at least 4 members (excludes halogenated alkanes) is 1. The minimum atomic E-state index is -4.20. The van der Waals surface area contributed by atoms with Gasteiger partial charge in [-0.15, -0.1) is 0 Å². The van der Waals surface area contributed by atoms with Crippen molar-refractivity contribution in [2.75, 3.05) is 17.4 Å². The summed E-state index contributed by atoms with van der Waals surface area (Å²) in [4.78, 5) is 29.7. The number of nitrogens with one attached hydrogen (secondary N) is 1. The second-order valence-electron chi connectivity index (χ2n) is 10.3. The molecule has 4 aromatic carbocycles. The van der Waals surface area contributed by atoms with E-state index in [9.17, 15) is 18.0 Å². The van der Waals surface area contributed by atoms with Crippen molar-refractivity contribution in [3.63, 3.8) is 0 Å². The maximum atomic E-state index is 14.4. The van der Waals surface area contributed by atoms with Crippen molar-refractivity contribution in [3.8, 4) is 0 Å². The Morgan fingerprint density at radius 2 is 1.50 bits per heavy atom. The summed E-state index contributed by atoms with van der Waals surface area (Å²) in [7, 11) is -4.20. The van der Waals surface area contributed by atoms with Crippen LogP contribution in [0, 0.1) is 0 Å². The highest BCUT2D eigenvalue weighted by Gasteiger charge is 2.34. The maximum Gasteiger partial charge on any atom is 0.264 e. The SMILES string of the molecule is CCCCNC(=O)[C@@H](Cc1ccccc1)N(Cc1ccccc1Cl)C(=O)CN(c1cccc(Cl)c1)S(=O)(=O)c1ccccc1. The molecular weight excluding hydrogens is 617 g/mol. The molecule has 44 heavy (non-hydrogen) atoms. The number of hydrogen-bond donors (Lipinski definition) is 1. The first-order valence-corrected chi connectivity index (χ1v) is 16.6. The third-order valence-electron chi connectivity index (χ3n) is 7.11. The van der Waals surface area contributed by atoms with E-state index in [1.54, 1.807) is 60.7 Å². The van der Waals surface area contributed by atoms with E-state index in [2.05, 4.69) is 5.32 Å². The largest absolute Gasteiger partial charge is 0.354 e. The van der Waals surface area contributed by atoms with Gasteiger partial charge in [0.15, 0.2) is 0 Å². The van der Waals surface area contributed by atoms with Gasteiger partial charge in [-0.05, 0) is 53.9 Å². The standard InChI is InChI=1S/C34H35Cl2N3O4S/c1-2-3-21-37-34(41)32(22-26-13-6-4-7-14-26)38(24-27-15-10-11-20-31(27)36)33(40)25-39(29-17-12-16-28(35)23-29)44(42,43)30-18-8-5-9-19-30/h4-20,23,32H,2-3,21-22,24-25H2,1H3,(H,37,41)/t32-/m1/s1. The molecule has 0 saturated carbocycles. The molecule has 0 unspecified atom stereocenters. The minimum Gasteiger partial charge on any atom is -0.354 e. The minimum absolute atomic E-state index is 0.00796. The summed E-state index contributed by atoms with van der Waals surface area (Å²) >= 11 is 12.8. The van der Waals surface area contributed by atoms with Gasteiger partial charge in [-0.25, -0.2) is 8.42 Å². The van der Waals surface area contributed by atoms with Crippen LogP contribution in [0.3, 0.4) is 0 Å². The van der Waals surface area contributed by atoms with Crippen molar-refractivity contribution in [2.24, 2.45) is 0 Å². The van der Waals surface area contributed by atoms with Crippen molar-refractivity contribution >= 4 is 50.7 Å². The molecule has 0 heterocycles. The predicted molar refractivity (Wildman–Crippen MR) is 176 cm³/mol. The molecule has 4 aromatic rings. The van der Waals surface area contributed by atoms with E-state index in [1.807, 2.05) is 37.3 Å². The molecule has 0 spiro atoms. The molecule has 0 aromatic heterocycles. The monoisotopic (exact) mass is 651 g/mol. The summed E-state index contributed by atoms with van der Waals surface area (Å²) in [6.07, 6.45) is 1.88. The fourth-order valence-electron chi connectivity index (χ4n) is 4.75. The van der Waals surface area contributed by atoms with E-state index in [-0.39, 0.29) is 29.5 Å². The summed E-state index contributed by atoms with van der Waals surface area (Å²) in [5.74, 6) is -0.904. The van der Waals surface area contributed by atoms with Gasteiger partial charge < -0.3 is 10.2 Å². The van der Waals surface area contributed by atoms with E-state index in [4.69, 9.17) is 23.2 Å². The Balaban J connectivity index is 1.79. The lowest BCUT2D eigenvalue weighted by molar-refractivity contribution is -0.140. The highest BCUT2D eigenvalue weighted by Crippen LogP contribution is 2.27. The summed E-state index contributed by atoms with van der Waals surface area (Å²) in [6.45, 7) is 1.89. The van der Waals surface area contributed by atoms with E-state index >= 15 is 0 Å². The van der Waals surface area contributed by atoms with Crippen molar-refractivity contribution in [1.82, 2.24) is 10.2 Å². The molecule has 0 aliphatic carbocycles. The van der Waals surface area contributed by atoms with Gasteiger partial charge in [0.2, 0.25) is 11.8 Å². The number of halogens is 2. The number of hydrogen-bond acceptors (Lipinski definition) is 4. The average molecular weight is 653 g/mol. The smallest absolute Gasteiger partial charge is 0.264 e. The Morgan fingerprint density at radius 1 is 0.841 bits per heavy atom. The normalized spacial score (nSPS) is 11.9. The van der Waals surface area contributed by atoms with Crippen LogP contribution < -0.4 is 9.62 Å². The summed E-state index contributed by atoms with van der Waals surface area (Å²) in [5, 5.41) is 3.72. The summed E-state index contributed by atoms with van der Waals surface area (Å²) in [5.41, 5.74) is 1.70. The van der Waals surface area contributed by atoms with Crippen LogP contribution in [-0.2, 0) is 32.6 Å².